The number of unbranched alkanes of at least 4 members (excludes halogenated alkanes) is 1. The van der Waals surface area contributed by atoms with E-state index in [1.54, 1.807) is 6.08 Å². The average Bonchev–Trinajstić information content (AvgIpc) is 2.34. The summed E-state index contributed by atoms with van der Waals surface area (Å²) >= 11 is 0. The molecular formula is C17H30NO4+. The Morgan fingerprint density at radius 2 is 1.68 bits per heavy atom. The number of esters is 1. The summed E-state index contributed by atoms with van der Waals surface area (Å²) in [4.78, 5) is 22.6. The molecule has 0 heterocycles. The lowest BCUT2D eigenvalue weighted by Crippen LogP contribution is -2.43. The molecule has 0 bridgehead atoms. The summed E-state index contributed by atoms with van der Waals surface area (Å²) in [6.07, 6.45) is 10.3. The van der Waals surface area contributed by atoms with E-state index in [4.69, 9.17) is 9.84 Å². The number of nitrogens with zero attached hydrogens (tertiary/aromatic N) is 1. The van der Waals surface area contributed by atoms with Crippen molar-refractivity contribution >= 4 is 11.9 Å². The van der Waals surface area contributed by atoms with Crippen molar-refractivity contribution in [2.75, 3.05) is 27.7 Å². The number of carboxylic acid groups (broad SMARTS) is 1. The summed E-state index contributed by atoms with van der Waals surface area (Å²) in [6, 6.07) is 0. The number of quaternary nitrogens is 1. The molecule has 0 saturated heterocycles. The molecule has 0 saturated carbocycles. The van der Waals surface area contributed by atoms with Crippen molar-refractivity contribution < 1.29 is 23.9 Å². The Labute approximate surface area is 133 Å². The Morgan fingerprint density at radius 1 is 1.09 bits per heavy atom. The van der Waals surface area contributed by atoms with Gasteiger partial charge in [0.05, 0.1) is 34.0 Å². The summed E-state index contributed by atoms with van der Waals surface area (Å²) < 4.78 is 5.83. The zero-order valence-corrected chi connectivity index (χ0v) is 14.2. The fourth-order valence-electron chi connectivity index (χ4n) is 1.96. The maximum absolute atomic E-state index is 11.8. The van der Waals surface area contributed by atoms with Crippen molar-refractivity contribution in [2.45, 2.75) is 45.1 Å². The molecule has 1 atom stereocenters. The maximum Gasteiger partial charge on any atom is 0.310 e. The second-order valence-corrected chi connectivity index (χ2v) is 6.32. The minimum absolute atomic E-state index is 0.160. The first-order chi connectivity index (χ1) is 10.2. The summed E-state index contributed by atoms with van der Waals surface area (Å²) in [5, 5.41) is 8.89. The third-order valence-corrected chi connectivity index (χ3v) is 2.81. The van der Waals surface area contributed by atoms with Gasteiger partial charge in [0.15, 0.2) is 6.10 Å². The molecule has 5 nitrogen and oxygen atoms in total. The van der Waals surface area contributed by atoms with Crippen LogP contribution in [0.2, 0.25) is 0 Å². The van der Waals surface area contributed by atoms with Gasteiger partial charge in [-0.15, -0.1) is 0 Å². The average molecular weight is 312 g/mol. The van der Waals surface area contributed by atoms with E-state index in [1.165, 1.54) is 0 Å². The lowest BCUT2D eigenvalue weighted by Gasteiger charge is -2.28. The van der Waals surface area contributed by atoms with Gasteiger partial charge in [0, 0.05) is 0 Å². The smallest absolute Gasteiger partial charge is 0.310 e. The molecule has 22 heavy (non-hydrogen) atoms. The molecule has 0 aromatic rings. The van der Waals surface area contributed by atoms with Crippen molar-refractivity contribution in [2.24, 2.45) is 0 Å². The third-order valence-electron chi connectivity index (χ3n) is 2.81. The van der Waals surface area contributed by atoms with Gasteiger partial charge in [-0.3, -0.25) is 9.59 Å². The Kier molecular flexibility index (Phi) is 10.2. The largest absolute Gasteiger partial charge is 0.481 e. The highest BCUT2D eigenvalue weighted by atomic mass is 16.5. The standard InChI is InChI=1S/C17H29NO4/c1-5-6-7-8-9-10-11-12-17(21)22-15(13-16(19)20)14-18(2,3)4/h6-7,10-11,15H,5,8-9,12-14H2,1-4H3/p+1/b7-6+,11-10+. The summed E-state index contributed by atoms with van der Waals surface area (Å²) in [5.74, 6) is -1.33. The summed E-state index contributed by atoms with van der Waals surface area (Å²) in [7, 11) is 5.81. The number of hydrogen-bond acceptors (Lipinski definition) is 3. The zero-order chi connectivity index (χ0) is 17.0. The SMILES string of the molecule is CC/C=C/CC/C=C/CC(=O)OC(CC(=O)O)C[N+](C)(C)C. The molecule has 0 rings (SSSR count). The molecule has 126 valence electrons. The predicted molar refractivity (Wildman–Crippen MR) is 87.5 cm³/mol. The Balaban J connectivity index is 4.19. The van der Waals surface area contributed by atoms with Gasteiger partial charge in [-0.1, -0.05) is 31.2 Å². The van der Waals surface area contributed by atoms with Crippen LogP contribution in [-0.2, 0) is 14.3 Å². The summed E-state index contributed by atoms with van der Waals surface area (Å²) in [5.41, 5.74) is 0. The fourth-order valence-corrected chi connectivity index (χ4v) is 1.96. The van der Waals surface area contributed by atoms with Crippen LogP contribution in [0.1, 0.15) is 39.0 Å². The van der Waals surface area contributed by atoms with Crippen molar-refractivity contribution in [1.29, 1.82) is 0 Å². The first kappa shape index (κ1) is 20.4. The van der Waals surface area contributed by atoms with Crippen LogP contribution in [-0.4, -0.2) is 55.3 Å². The van der Waals surface area contributed by atoms with E-state index < -0.39 is 12.1 Å². The van der Waals surface area contributed by atoms with Crippen LogP contribution in [0, 0.1) is 0 Å². The van der Waals surface area contributed by atoms with Crippen molar-refractivity contribution in [1.82, 2.24) is 0 Å². The Morgan fingerprint density at radius 3 is 2.18 bits per heavy atom. The van der Waals surface area contributed by atoms with Gasteiger partial charge in [0.1, 0.15) is 6.54 Å². The van der Waals surface area contributed by atoms with Gasteiger partial charge >= 0.3 is 11.9 Å². The number of rotatable bonds is 11. The van der Waals surface area contributed by atoms with Gasteiger partial charge in [0.2, 0.25) is 0 Å². The highest BCUT2D eigenvalue weighted by Crippen LogP contribution is 2.07. The van der Waals surface area contributed by atoms with E-state index in [0.29, 0.717) is 11.0 Å². The van der Waals surface area contributed by atoms with Gasteiger partial charge in [-0.25, -0.2) is 0 Å². The number of carboxylic acids is 1. The van der Waals surface area contributed by atoms with E-state index in [-0.39, 0.29) is 18.8 Å². The van der Waals surface area contributed by atoms with Crippen LogP contribution in [0.3, 0.4) is 0 Å². The first-order valence-electron chi connectivity index (χ1n) is 7.76. The fraction of sp³-hybridized carbons (Fsp3) is 0.647. The van der Waals surface area contributed by atoms with Crippen LogP contribution in [0.15, 0.2) is 24.3 Å². The lowest BCUT2D eigenvalue weighted by molar-refractivity contribution is -0.873. The number of carbonyl (C=O) groups is 2. The van der Waals surface area contributed by atoms with Crippen LogP contribution in [0.5, 0.6) is 0 Å². The Bertz CT molecular complexity index is 394. The van der Waals surface area contributed by atoms with E-state index in [9.17, 15) is 9.59 Å². The molecule has 0 spiro atoms. The van der Waals surface area contributed by atoms with Crippen LogP contribution < -0.4 is 0 Å². The molecule has 0 aliphatic carbocycles. The van der Waals surface area contributed by atoms with Crippen LogP contribution in [0.4, 0.5) is 0 Å². The van der Waals surface area contributed by atoms with Gasteiger partial charge in [-0.05, 0) is 19.3 Å². The minimum atomic E-state index is -0.954. The number of aliphatic carboxylic acids is 1. The predicted octanol–water partition coefficient (Wildman–Crippen LogP) is 2.77. The molecule has 1 unspecified atom stereocenters. The highest BCUT2D eigenvalue weighted by Gasteiger charge is 2.24. The van der Waals surface area contributed by atoms with Crippen LogP contribution >= 0.6 is 0 Å². The number of allylic oxidation sites excluding steroid dienone is 3. The molecule has 0 aromatic carbocycles. The molecule has 0 aliphatic heterocycles. The number of carbonyl (C=O) groups excluding carboxylic acids is 1. The minimum Gasteiger partial charge on any atom is -0.481 e. The normalized spacial score (nSPS) is 13.6. The van der Waals surface area contributed by atoms with Crippen molar-refractivity contribution in [3.63, 3.8) is 0 Å². The topological polar surface area (TPSA) is 63.6 Å². The van der Waals surface area contributed by atoms with E-state index in [1.807, 2.05) is 27.2 Å². The molecule has 0 fully saturated rings. The van der Waals surface area contributed by atoms with Gasteiger partial charge in [-0.2, -0.15) is 0 Å². The molecule has 5 heteroatoms. The summed E-state index contributed by atoms with van der Waals surface area (Å²) in [6.45, 7) is 2.57. The monoisotopic (exact) mass is 312 g/mol. The molecule has 0 radical (unpaired) electrons. The second kappa shape index (κ2) is 11.0. The van der Waals surface area contributed by atoms with Crippen LogP contribution in [0.25, 0.3) is 0 Å². The van der Waals surface area contributed by atoms with E-state index in [0.717, 1.165) is 19.3 Å². The molecule has 1 N–H and O–H groups in total. The second-order valence-electron chi connectivity index (χ2n) is 6.32. The molecule has 0 amide bonds. The quantitative estimate of drug-likeness (QED) is 0.276. The van der Waals surface area contributed by atoms with E-state index in [2.05, 4.69) is 19.1 Å². The Hall–Kier alpha value is -1.62. The number of hydrogen-bond donors (Lipinski definition) is 1. The highest BCUT2D eigenvalue weighted by molar-refractivity contribution is 5.72. The first-order valence-corrected chi connectivity index (χ1v) is 7.76. The van der Waals surface area contributed by atoms with Crippen molar-refractivity contribution in [3.8, 4) is 0 Å². The third kappa shape index (κ3) is 13.4. The van der Waals surface area contributed by atoms with Gasteiger partial charge in [0.25, 0.3) is 0 Å². The lowest BCUT2D eigenvalue weighted by atomic mass is 10.2. The molecule has 0 aliphatic rings. The van der Waals surface area contributed by atoms with Crippen molar-refractivity contribution in [3.05, 3.63) is 24.3 Å². The van der Waals surface area contributed by atoms with E-state index >= 15 is 0 Å². The zero-order valence-electron chi connectivity index (χ0n) is 14.2. The molecular weight excluding hydrogens is 282 g/mol. The molecule has 0 aromatic heterocycles. The number of ether oxygens (including phenoxy) is 1. The number of likely N-dealkylation sites (N-methyl/N-ethyl adjacent to an activating group) is 1. The maximum atomic E-state index is 11.8. The van der Waals surface area contributed by atoms with Gasteiger partial charge < -0.3 is 14.3 Å².